The van der Waals surface area contributed by atoms with Gasteiger partial charge in [-0.15, -0.1) is 0 Å². The number of halogens is 1. The first-order valence-corrected chi connectivity index (χ1v) is 4.59. The van der Waals surface area contributed by atoms with E-state index in [9.17, 15) is 9.18 Å². The van der Waals surface area contributed by atoms with Crippen LogP contribution < -0.4 is 4.74 Å². The van der Waals surface area contributed by atoms with Crippen LogP contribution in [0.15, 0.2) is 18.2 Å². The van der Waals surface area contributed by atoms with Crippen molar-refractivity contribution in [3.05, 3.63) is 29.6 Å². The summed E-state index contributed by atoms with van der Waals surface area (Å²) in [6.45, 7) is 1.61. The number of ether oxygens (including phenoxy) is 2. The number of carbonyl (C=O) groups is 1. The molecule has 0 amide bonds. The lowest BCUT2D eigenvalue weighted by molar-refractivity contribution is -0.140. The summed E-state index contributed by atoms with van der Waals surface area (Å²) in [5.41, 5.74) is 0.773. The van der Waals surface area contributed by atoms with E-state index in [0.29, 0.717) is 6.42 Å². The standard InChI is InChI=1S/C11H13FO3/c1-8(13)15-6-5-9-3-4-11(14-2)10(12)7-9/h3-4,7H,5-6H2,1-2H3. The highest BCUT2D eigenvalue weighted by Crippen LogP contribution is 2.17. The van der Waals surface area contributed by atoms with Crippen LogP contribution in [0.4, 0.5) is 4.39 Å². The molecule has 0 aliphatic heterocycles. The monoisotopic (exact) mass is 212 g/mol. The van der Waals surface area contributed by atoms with Crippen molar-refractivity contribution in [2.75, 3.05) is 13.7 Å². The molecule has 4 heteroatoms. The van der Waals surface area contributed by atoms with Gasteiger partial charge in [0, 0.05) is 13.3 Å². The molecule has 0 aliphatic rings. The number of esters is 1. The Hall–Kier alpha value is -1.58. The Morgan fingerprint density at radius 1 is 1.47 bits per heavy atom. The van der Waals surface area contributed by atoms with E-state index in [2.05, 4.69) is 0 Å². The third-order valence-electron chi connectivity index (χ3n) is 1.91. The van der Waals surface area contributed by atoms with E-state index >= 15 is 0 Å². The third kappa shape index (κ3) is 3.58. The first-order valence-electron chi connectivity index (χ1n) is 4.59. The molecule has 0 heterocycles. The van der Waals surface area contributed by atoms with Gasteiger partial charge < -0.3 is 9.47 Å². The molecule has 0 aromatic heterocycles. The van der Waals surface area contributed by atoms with E-state index in [-0.39, 0.29) is 18.3 Å². The van der Waals surface area contributed by atoms with E-state index in [1.807, 2.05) is 0 Å². The number of rotatable bonds is 4. The fourth-order valence-corrected chi connectivity index (χ4v) is 1.18. The van der Waals surface area contributed by atoms with Crippen LogP contribution in [0, 0.1) is 5.82 Å². The average molecular weight is 212 g/mol. The zero-order valence-corrected chi connectivity index (χ0v) is 8.75. The van der Waals surface area contributed by atoms with Gasteiger partial charge in [-0.2, -0.15) is 0 Å². The number of hydrogen-bond acceptors (Lipinski definition) is 3. The molecule has 0 radical (unpaired) electrons. The second-order valence-corrected chi connectivity index (χ2v) is 3.06. The zero-order valence-electron chi connectivity index (χ0n) is 8.75. The van der Waals surface area contributed by atoms with Gasteiger partial charge >= 0.3 is 5.97 Å². The van der Waals surface area contributed by atoms with Gasteiger partial charge in [-0.05, 0) is 17.7 Å². The Kier molecular flexibility index (Phi) is 4.09. The van der Waals surface area contributed by atoms with Crippen molar-refractivity contribution in [2.24, 2.45) is 0 Å². The molecule has 1 aromatic carbocycles. The molecule has 82 valence electrons. The fourth-order valence-electron chi connectivity index (χ4n) is 1.18. The van der Waals surface area contributed by atoms with Gasteiger partial charge in [-0.1, -0.05) is 6.07 Å². The second kappa shape index (κ2) is 5.34. The van der Waals surface area contributed by atoms with Crippen molar-refractivity contribution < 1.29 is 18.7 Å². The quantitative estimate of drug-likeness (QED) is 0.715. The molecular weight excluding hydrogens is 199 g/mol. The highest BCUT2D eigenvalue weighted by molar-refractivity contribution is 5.65. The van der Waals surface area contributed by atoms with Gasteiger partial charge in [0.05, 0.1) is 13.7 Å². The minimum absolute atomic E-state index is 0.214. The van der Waals surface area contributed by atoms with E-state index in [1.54, 1.807) is 12.1 Å². The van der Waals surface area contributed by atoms with E-state index < -0.39 is 5.82 Å². The Morgan fingerprint density at radius 3 is 2.73 bits per heavy atom. The summed E-state index contributed by atoms with van der Waals surface area (Å²) in [4.78, 5) is 10.5. The molecule has 0 unspecified atom stereocenters. The molecule has 0 saturated carbocycles. The lowest BCUT2D eigenvalue weighted by Crippen LogP contribution is -2.03. The van der Waals surface area contributed by atoms with Crippen molar-refractivity contribution in [2.45, 2.75) is 13.3 Å². The molecule has 0 aliphatic carbocycles. The molecule has 0 spiro atoms. The van der Waals surface area contributed by atoms with Gasteiger partial charge in [-0.3, -0.25) is 4.79 Å². The molecule has 0 atom stereocenters. The van der Waals surface area contributed by atoms with Gasteiger partial charge in [-0.25, -0.2) is 4.39 Å². The number of carbonyl (C=O) groups excluding carboxylic acids is 1. The van der Waals surface area contributed by atoms with Gasteiger partial charge in [0.15, 0.2) is 11.6 Å². The van der Waals surface area contributed by atoms with Gasteiger partial charge in [0.1, 0.15) is 0 Å². The topological polar surface area (TPSA) is 35.5 Å². The normalized spacial score (nSPS) is 9.80. The molecule has 0 bridgehead atoms. The van der Waals surface area contributed by atoms with Crippen molar-refractivity contribution >= 4 is 5.97 Å². The largest absolute Gasteiger partial charge is 0.494 e. The molecule has 0 saturated heterocycles. The molecule has 1 aromatic rings. The zero-order chi connectivity index (χ0) is 11.3. The summed E-state index contributed by atoms with van der Waals surface area (Å²) in [6, 6.07) is 4.67. The Morgan fingerprint density at radius 2 is 2.20 bits per heavy atom. The summed E-state index contributed by atoms with van der Waals surface area (Å²) >= 11 is 0. The first kappa shape index (κ1) is 11.5. The van der Waals surface area contributed by atoms with Crippen molar-refractivity contribution in [3.8, 4) is 5.75 Å². The van der Waals surface area contributed by atoms with Crippen molar-refractivity contribution in [3.63, 3.8) is 0 Å². The highest BCUT2D eigenvalue weighted by Gasteiger charge is 2.03. The number of benzene rings is 1. The average Bonchev–Trinajstić information content (AvgIpc) is 2.17. The number of hydrogen-bond donors (Lipinski definition) is 0. The van der Waals surface area contributed by atoms with E-state index in [1.165, 1.54) is 20.1 Å². The first-order chi connectivity index (χ1) is 7.13. The maximum absolute atomic E-state index is 13.2. The van der Waals surface area contributed by atoms with Crippen LogP contribution in [0.3, 0.4) is 0 Å². The Balaban J connectivity index is 2.55. The fraction of sp³-hybridized carbons (Fsp3) is 0.364. The summed E-state index contributed by atoms with van der Waals surface area (Å²) in [5, 5.41) is 0. The van der Waals surface area contributed by atoms with Crippen LogP contribution in [0.5, 0.6) is 5.75 Å². The summed E-state index contributed by atoms with van der Waals surface area (Å²) in [6.07, 6.45) is 0.500. The van der Waals surface area contributed by atoms with Crippen LogP contribution in [-0.4, -0.2) is 19.7 Å². The van der Waals surface area contributed by atoms with Gasteiger partial charge in [0.2, 0.25) is 0 Å². The summed E-state index contributed by atoms with van der Waals surface area (Å²) in [7, 11) is 1.41. The van der Waals surface area contributed by atoms with Crippen LogP contribution in [0.1, 0.15) is 12.5 Å². The summed E-state index contributed by atoms with van der Waals surface area (Å²) < 4.78 is 22.7. The van der Waals surface area contributed by atoms with Gasteiger partial charge in [0.25, 0.3) is 0 Å². The molecule has 1 rings (SSSR count). The maximum Gasteiger partial charge on any atom is 0.302 e. The minimum Gasteiger partial charge on any atom is -0.494 e. The van der Waals surface area contributed by atoms with Crippen molar-refractivity contribution in [1.29, 1.82) is 0 Å². The smallest absolute Gasteiger partial charge is 0.302 e. The maximum atomic E-state index is 13.2. The molecule has 0 fully saturated rings. The molecule has 0 N–H and O–H groups in total. The highest BCUT2D eigenvalue weighted by atomic mass is 19.1. The molecular formula is C11H13FO3. The van der Waals surface area contributed by atoms with Crippen LogP contribution >= 0.6 is 0 Å². The lowest BCUT2D eigenvalue weighted by atomic mass is 10.1. The van der Waals surface area contributed by atoms with Crippen molar-refractivity contribution in [1.82, 2.24) is 0 Å². The van der Waals surface area contributed by atoms with E-state index in [0.717, 1.165) is 5.56 Å². The van der Waals surface area contributed by atoms with Crippen LogP contribution in [-0.2, 0) is 16.0 Å². The number of methoxy groups -OCH3 is 1. The third-order valence-corrected chi connectivity index (χ3v) is 1.91. The molecule has 3 nitrogen and oxygen atoms in total. The Labute approximate surface area is 87.8 Å². The second-order valence-electron chi connectivity index (χ2n) is 3.06. The lowest BCUT2D eigenvalue weighted by Gasteiger charge is -2.05. The summed E-state index contributed by atoms with van der Waals surface area (Å²) in [5.74, 6) is -0.520. The minimum atomic E-state index is -0.405. The SMILES string of the molecule is COc1ccc(CCOC(C)=O)cc1F. The van der Waals surface area contributed by atoms with Crippen LogP contribution in [0.2, 0.25) is 0 Å². The van der Waals surface area contributed by atoms with Crippen LogP contribution in [0.25, 0.3) is 0 Å². The predicted octanol–water partition coefficient (Wildman–Crippen LogP) is 1.94. The predicted molar refractivity (Wildman–Crippen MR) is 53.3 cm³/mol. The van der Waals surface area contributed by atoms with E-state index in [4.69, 9.17) is 9.47 Å². The Bertz CT molecular complexity index is 350. The molecule has 15 heavy (non-hydrogen) atoms.